The first-order valence-electron chi connectivity index (χ1n) is 9.37. The SMILES string of the molecule is COc1ccc(C(=O)C2CCN(C(CN)Cc3ccccc3)CC2)cc1. The van der Waals surface area contributed by atoms with Crippen molar-refractivity contribution >= 4 is 5.78 Å². The van der Waals surface area contributed by atoms with Crippen LogP contribution in [0.1, 0.15) is 28.8 Å². The van der Waals surface area contributed by atoms with Gasteiger partial charge in [0, 0.05) is 24.1 Å². The Bertz CT molecular complexity index is 692. The second-order valence-electron chi connectivity index (χ2n) is 6.98. The largest absolute Gasteiger partial charge is 0.497 e. The Morgan fingerprint density at radius 3 is 2.35 bits per heavy atom. The first-order chi connectivity index (χ1) is 12.7. The Hall–Kier alpha value is -2.17. The molecule has 1 saturated heterocycles. The molecular weight excluding hydrogens is 324 g/mol. The van der Waals surface area contributed by atoms with Gasteiger partial charge in [-0.15, -0.1) is 0 Å². The van der Waals surface area contributed by atoms with Gasteiger partial charge in [-0.05, 0) is 62.2 Å². The summed E-state index contributed by atoms with van der Waals surface area (Å²) in [6.07, 6.45) is 2.76. The molecule has 1 atom stereocenters. The molecule has 1 heterocycles. The van der Waals surface area contributed by atoms with Gasteiger partial charge in [0.1, 0.15) is 5.75 Å². The van der Waals surface area contributed by atoms with Crippen molar-refractivity contribution < 1.29 is 9.53 Å². The molecule has 0 bridgehead atoms. The molecule has 2 aromatic rings. The van der Waals surface area contributed by atoms with Gasteiger partial charge in [0.2, 0.25) is 0 Å². The average Bonchev–Trinajstić information content (AvgIpc) is 2.72. The van der Waals surface area contributed by atoms with Gasteiger partial charge in [0.15, 0.2) is 5.78 Å². The zero-order valence-electron chi connectivity index (χ0n) is 15.4. The Balaban J connectivity index is 1.56. The van der Waals surface area contributed by atoms with Gasteiger partial charge in [-0.3, -0.25) is 9.69 Å². The van der Waals surface area contributed by atoms with E-state index in [0.29, 0.717) is 12.6 Å². The number of Topliss-reactive ketones (excluding diaryl/α,β-unsaturated/α-hetero) is 1. The number of benzene rings is 2. The van der Waals surface area contributed by atoms with Crippen LogP contribution in [-0.4, -0.2) is 43.5 Å². The maximum atomic E-state index is 12.8. The van der Waals surface area contributed by atoms with Crippen molar-refractivity contribution in [3.63, 3.8) is 0 Å². The molecule has 0 spiro atoms. The van der Waals surface area contributed by atoms with Crippen LogP contribution in [0.5, 0.6) is 5.75 Å². The van der Waals surface area contributed by atoms with Crippen molar-refractivity contribution in [2.75, 3.05) is 26.7 Å². The van der Waals surface area contributed by atoms with Crippen LogP contribution < -0.4 is 10.5 Å². The summed E-state index contributed by atoms with van der Waals surface area (Å²) in [4.78, 5) is 15.2. The number of carbonyl (C=O) groups is 1. The zero-order valence-corrected chi connectivity index (χ0v) is 15.4. The molecule has 2 N–H and O–H groups in total. The molecule has 26 heavy (non-hydrogen) atoms. The molecule has 1 aliphatic heterocycles. The highest BCUT2D eigenvalue weighted by Crippen LogP contribution is 2.24. The lowest BCUT2D eigenvalue weighted by atomic mass is 9.88. The number of hydrogen-bond acceptors (Lipinski definition) is 4. The van der Waals surface area contributed by atoms with Crippen LogP contribution in [0.3, 0.4) is 0 Å². The van der Waals surface area contributed by atoms with Crippen molar-refractivity contribution in [1.29, 1.82) is 0 Å². The zero-order chi connectivity index (χ0) is 18.4. The number of hydrogen-bond donors (Lipinski definition) is 1. The van der Waals surface area contributed by atoms with Gasteiger partial charge in [-0.25, -0.2) is 0 Å². The minimum absolute atomic E-state index is 0.106. The highest BCUT2D eigenvalue weighted by atomic mass is 16.5. The highest BCUT2D eigenvalue weighted by molar-refractivity contribution is 5.98. The molecule has 3 rings (SSSR count). The molecule has 1 fully saturated rings. The fraction of sp³-hybridized carbons (Fsp3) is 0.409. The number of nitrogens with zero attached hydrogens (tertiary/aromatic N) is 1. The van der Waals surface area contributed by atoms with E-state index < -0.39 is 0 Å². The Labute approximate surface area is 156 Å². The van der Waals surface area contributed by atoms with E-state index in [0.717, 1.165) is 43.7 Å². The molecule has 1 aliphatic rings. The van der Waals surface area contributed by atoms with Crippen molar-refractivity contribution in [1.82, 2.24) is 4.90 Å². The predicted octanol–water partition coefficient (Wildman–Crippen LogP) is 3.16. The van der Waals surface area contributed by atoms with Gasteiger partial charge >= 0.3 is 0 Å². The van der Waals surface area contributed by atoms with Gasteiger partial charge in [0.05, 0.1) is 7.11 Å². The lowest BCUT2D eigenvalue weighted by molar-refractivity contribution is 0.0795. The van der Waals surface area contributed by atoms with Crippen LogP contribution in [-0.2, 0) is 6.42 Å². The summed E-state index contributed by atoms with van der Waals surface area (Å²) in [5, 5.41) is 0. The third-order valence-electron chi connectivity index (χ3n) is 5.38. The molecular formula is C22H28N2O2. The molecule has 0 radical (unpaired) electrons. The summed E-state index contributed by atoms with van der Waals surface area (Å²) in [5.74, 6) is 1.14. The molecule has 138 valence electrons. The molecule has 0 amide bonds. The number of ether oxygens (including phenoxy) is 1. The van der Waals surface area contributed by atoms with E-state index in [4.69, 9.17) is 10.5 Å². The normalized spacial score (nSPS) is 17.0. The van der Waals surface area contributed by atoms with Crippen LogP contribution in [0.25, 0.3) is 0 Å². The molecule has 0 saturated carbocycles. The maximum Gasteiger partial charge on any atom is 0.166 e. The minimum Gasteiger partial charge on any atom is -0.497 e. The highest BCUT2D eigenvalue weighted by Gasteiger charge is 2.28. The van der Waals surface area contributed by atoms with E-state index >= 15 is 0 Å². The van der Waals surface area contributed by atoms with Gasteiger partial charge in [-0.1, -0.05) is 30.3 Å². The number of likely N-dealkylation sites (tertiary alicyclic amines) is 1. The number of rotatable bonds is 7. The third kappa shape index (κ3) is 4.51. The van der Waals surface area contributed by atoms with Crippen molar-refractivity contribution in [3.05, 3.63) is 65.7 Å². The first-order valence-corrected chi connectivity index (χ1v) is 9.37. The lowest BCUT2D eigenvalue weighted by Gasteiger charge is -2.37. The van der Waals surface area contributed by atoms with Crippen LogP contribution in [0.4, 0.5) is 0 Å². The molecule has 4 heteroatoms. The quantitative estimate of drug-likeness (QED) is 0.778. The topological polar surface area (TPSA) is 55.6 Å². The molecule has 0 aliphatic carbocycles. The van der Waals surface area contributed by atoms with Crippen molar-refractivity contribution in [2.45, 2.75) is 25.3 Å². The van der Waals surface area contributed by atoms with E-state index in [1.807, 2.05) is 30.3 Å². The average molecular weight is 352 g/mol. The van der Waals surface area contributed by atoms with Crippen LogP contribution >= 0.6 is 0 Å². The summed E-state index contributed by atoms with van der Waals surface area (Å²) in [6.45, 7) is 2.51. The van der Waals surface area contributed by atoms with E-state index in [9.17, 15) is 4.79 Å². The van der Waals surface area contributed by atoms with Crippen molar-refractivity contribution in [3.8, 4) is 5.75 Å². The third-order valence-corrected chi connectivity index (χ3v) is 5.38. The van der Waals surface area contributed by atoms with Gasteiger partial charge < -0.3 is 10.5 Å². The first kappa shape index (κ1) is 18.6. The summed E-state index contributed by atoms with van der Waals surface area (Å²) in [5.41, 5.74) is 8.14. The summed E-state index contributed by atoms with van der Waals surface area (Å²) >= 11 is 0. The number of piperidine rings is 1. The fourth-order valence-electron chi connectivity index (χ4n) is 3.77. The van der Waals surface area contributed by atoms with Gasteiger partial charge in [0.25, 0.3) is 0 Å². The van der Waals surface area contributed by atoms with E-state index in [-0.39, 0.29) is 11.7 Å². The Morgan fingerprint density at radius 2 is 1.77 bits per heavy atom. The molecule has 2 aromatic carbocycles. The van der Waals surface area contributed by atoms with Crippen LogP contribution in [0.15, 0.2) is 54.6 Å². The lowest BCUT2D eigenvalue weighted by Crippen LogP contribution is -2.47. The second kappa shape index (κ2) is 8.97. The van der Waals surface area contributed by atoms with Crippen LogP contribution in [0.2, 0.25) is 0 Å². The predicted molar refractivity (Wildman–Crippen MR) is 105 cm³/mol. The van der Waals surface area contributed by atoms with E-state index in [2.05, 4.69) is 29.2 Å². The smallest absolute Gasteiger partial charge is 0.166 e. The number of methoxy groups -OCH3 is 1. The molecule has 4 nitrogen and oxygen atoms in total. The summed E-state index contributed by atoms with van der Waals surface area (Å²) in [7, 11) is 1.63. The number of carbonyl (C=O) groups excluding carboxylic acids is 1. The second-order valence-corrected chi connectivity index (χ2v) is 6.98. The Morgan fingerprint density at radius 1 is 1.12 bits per heavy atom. The van der Waals surface area contributed by atoms with Gasteiger partial charge in [-0.2, -0.15) is 0 Å². The minimum atomic E-state index is 0.106. The molecule has 0 aromatic heterocycles. The number of nitrogens with two attached hydrogens (primary N) is 1. The standard InChI is InChI=1S/C22H28N2O2/c1-26-21-9-7-18(8-10-21)22(25)19-11-13-24(14-12-19)20(16-23)15-17-5-3-2-4-6-17/h2-10,19-20H,11-16,23H2,1H3. The van der Waals surface area contributed by atoms with E-state index in [1.54, 1.807) is 7.11 Å². The summed E-state index contributed by atoms with van der Waals surface area (Å²) < 4.78 is 5.17. The number of ketones is 1. The van der Waals surface area contributed by atoms with Crippen LogP contribution in [0, 0.1) is 5.92 Å². The molecule has 1 unspecified atom stereocenters. The van der Waals surface area contributed by atoms with Crippen molar-refractivity contribution in [2.24, 2.45) is 11.7 Å². The summed E-state index contributed by atoms with van der Waals surface area (Å²) in [6, 6.07) is 18.3. The monoisotopic (exact) mass is 352 g/mol. The fourth-order valence-corrected chi connectivity index (χ4v) is 3.77. The Kier molecular flexibility index (Phi) is 6.42. The van der Waals surface area contributed by atoms with E-state index in [1.165, 1.54) is 5.56 Å². The maximum absolute atomic E-state index is 12.8.